The summed E-state index contributed by atoms with van der Waals surface area (Å²) in [6.45, 7) is 2.59. The van der Waals surface area contributed by atoms with Crippen molar-refractivity contribution in [3.05, 3.63) is 18.0 Å². The maximum atomic E-state index is 11.6. The van der Waals surface area contributed by atoms with Gasteiger partial charge in [0, 0.05) is 19.3 Å². The highest BCUT2D eigenvalue weighted by atomic mass is 16.5. The van der Waals surface area contributed by atoms with Gasteiger partial charge in [-0.2, -0.15) is 5.10 Å². The van der Waals surface area contributed by atoms with Crippen LogP contribution in [0.3, 0.4) is 0 Å². The summed E-state index contributed by atoms with van der Waals surface area (Å²) in [5.41, 5.74) is 1.12. The fourth-order valence-electron chi connectivity index (χ4n) is 3.58. The Kier molecular flexibility index (Phi) is 4.58. The van der Waals surface area contributed by atoms with Crippen molar-refractivity contribution in [2.75, 3.05) is 20.2 Å². The first-order valence-electron chi connectivity index (χ1n) is 8.10. The van der Waals surface area contributed by atoms with Crippen LogP contribution in [0.4, 0.5) is 0 Å². The molecule has 1 aliphatic carbocycles. The number of nitrogens with zero attached hydrogens (tertiary/aromatic N) is 3. The van der Waals surface area contributed by atoms with Crippen molar-refractivity contribution in [3.63, 3.8) is 0 Å². The quantitative estimate of drug-likeness (QED) is 0.799. The van der Waals surface area contributed by atoms with Crippen LogP contribution in [0.2, 0.25) is 0 Å². The van der Waals surface area contributed by atoms with Gasteiger partial charge in [0.25, 0.3) is 0 Å². The fraction of sp³-hybridized carbons (Fsp3) is 0.750. The Hall–Kier alpha value is -1.36. The summed E-state index contributed by atoms with van der Waals surface area (Å²) in [7, 11) is 1.47. The smallest absolute Gasteiger partial charge is 0.310 e. The van der Waals surface area contributed by atoms with Gasteiger partial charge in [-0.05, 0) is 31.9 Å². The molecule has 2 fully saturated rings. The van der Waals surface area contributed by atoms with E-state index in [0.29, 0.717) is 6.04 Å². The average Bonchev–Trinajstić information content (AvgIpc) is 3.17. The molecule has 2 aliphatic rings. The van der Waals surface area contributed by atoms with Gasteiger partial charge in [-0.3, -0.25) is 14.4 Å². The van der Waals surface area contributed by atoms with Gasteiger partial charge < -0.3 is 4.74 Å². The van der Waals surface area contributed by atoms with Crippen molar-refractivity contribution in [1.29, 1.82) is 0 Å². The molecule has 5 heteroatoms. The number of carbonyl (C=O) groups is 1. The van der Waals surface area contributed by atoms with Crippen molar-refractivity contribution in [2.24, 2.45) is 5.92 Å². The number of aromatic nitrogens is 2. The molecule has 0 spiro atoms. The van der Waals surface area contributed by atoms with Gasteiger partial charge in [0.1, 0.15) is 0 Å². The highest BCUT2D eigenvalue weighted by Gasteiger charge is 2.29. The lowest BCUT2D eigenvalue weighted by Gasteiger charge is -2.22. The molecule has 5 nitrogen and oxygen atoms in total. The Bertz CT molecular complexity index is 480. The summed E-state index contributed by atoms with van der Waals surface area (Å²) in [4.78, 5) is 13.9. The van der Waals surface area contributed by atoms with Crippen molar-refractivity contribution >= 4 is 5.97 Å². The molecule has 1 aromatic heterocycles. The summed E-state index contributed by atoms with van der Waals surface area (Å²) < 4.78 is 6.99. The second kappa shape index (κ2) is 6.60. The third kappa shape index (κ3) is 3.46. The minimum atomic E-state index is -0.0785. The normalized spacial score (nSPS) is 24.3. The Morgan fingerprint density at radius 2 is 2.14 bits per heavy atom. The van der Waals surface area contributed by atoms with E-state index in [2.05, 4.69) is 21.8 Å². The van der Waals surface area contributed by atoms with E-state index < -0.39 is 0 Å². The number of likely N-dealkylation sites (tertiary alicyclic amines) is 1. The monoisotopic (exact) mass is 291 g/mol. The minimum absolute atomic E-state index is 0.0374. The molecule has 116 valence electrons. The SMILES string of the molecule is COC(=O)C1CCN(Cc2ccn(C3CCCCC3)n2)C1. The lowest BCUT2D eigenvalue weighted by atomic mass is 9.96. The van der Waals surface area contributed by atoms with E-state index in [9.17, 15) is 4.79 Å². The van der Waals surface area contributed by atoms with Crippen molar-refractivity contribution < 1.29 is 9.53 Å². The number of hydrogen-bond acceptors (Lipinski definition) is 4. The first-order valence-corrected chi connectivity index (χ1v) is 8.10. The number of ether oxygens (including phenoxy) is 1. The van der Waals surface area contributed by atoms with E-state index in [4.69, 9.17) is 9.84 Å². The topological polar surface area (TPSA) is 47.4 Å². The summed E-state index contributed by atoms with van der Waals surface area (Å²) in [6.07, 6.45) is 9.56. The predicted octanol–water partition coefficient (Wildman–Crippen LogP) is 2.38. The van der Waals surface area contributed by atoms with Crippen molar-refractivity contribution in [2.45, 2.75) is 51.1 Å². The Balaban J connectivity index is 1.54. The molecule has 1 unspecified atom stereocenters. The molecule has 1 aliphatic heterocycles. The first kappa shape index (κ1) is 14.6. The highest BCUT2D eigenvalue weighted by Crippen LogP contribution is 2.27. The van der Waals surface area contributed by atoms with Gasteiger partial charge >= 0.3 is 5.97 Å². The number of esters is 1. The lowest BCUT2D eigenvalue weighted by Crippen LogP contribution is -2.24. The predicted molar refractivity (Wildman–Crippen MR) is 79.7 cm³/mol. The van der Waals surface area contributed by atoms with Crippen molar-refractivity contribution in [3.8, 4) is 0 Å². The summed E-state index contributed by atoms with van der Waals surface area (Å²) in [5.74, 6) is -0.0411. The van der Waals surface area contributed by atoms with E-state index in [1.165, 1.54) is 39.2 Å². The van der Waals surface area contributed by atoms with Gasteiger partial charge in [0.2, 0.25) is 0 Å². The largest absolute Gasteiger partial charge is 0.469 e. The number of hydrogen-bond donors (Lipinski definition) is 0. The van der Waals surface area contributed by atoms with Crippen LogP contribution in [0.15, 0.2) is 12.3 Å². The van der Waals surface area contributed by atoms with E-state index in [-0.39, 0.29) is 11.9 Å². The number of carbonyl (C=O) groups excluding carboxylic acids is 1. The van der Waals surface area contributed by atoms with Gasteiger partial charge in [-0.25, -0.2) is 0 Å². The van der Waals surface area contributed by atoms with Crippen LogP contribution in [0.1, 0.15) is 50.3 Å². The Morgan fingerprint density at radius 1 is 1.33 bits per heavy atom. The second-order valence-corrected chi connectivity index (χ2v) is 6.32. The Labute approximate surface area is 126 Å². The molecule has 0 amide bonds. The molecule has 1 atom stereocenters. The van der Waals surface area contributed by atoms with Gasteiger partial charge in [0.05, 0.1) is 24.8 Å². The molecule has 1 aromatic rings. The molecular weight excluding hydrogens is 266 g/mol. The maximum Gasteiger partial charge on any atom is 0.310 e. The molecule has 0 aromatic carbocycles. The van der Waals surface area contributed by atoms with Crippen LogP contribution in [-0.4, -0.2) is 40.8 Å². The summed E-state index contributed by atoms with van der Waals surface area (Å²) in [5, 5.41) is 4.75. The fourth-order valence-corrected chi connectivity index (χ4v) is 3.58. The molecule has 1 saturated heterocycles. The lowest BCUT2D eigenvalue weighted by molar-refractivity contribution is -0.144. The highest BCUT2D eigenvalue weighted by molar-refractivity contribution is 5.72. The van der Waals surface area contributed by atoms with E-state index >= 15 is 0 Å². The van der Waals surface area contributed by atoms with E-state index in [1.54, 1.807) is 0 Å². The van der Waals surface area contributed by atoms with Crippen LogP contribution in [-0.2, 0) is 16.1 Å². The molecule has 0 N–H and O–H groups in total. The van der Waals surface area contributed by atoms with Crippen molar-refractivity contribution in [1.82, 2.24) is 14.7 Å². The third-order valence-corrected chi connectivity index (χ3v) is 4.80. The second-order valence-electron chi connectivity index (χ2n) is 6.32. The molecule has 2 heterocycles. The summed E-state index contributed by atoms with van der Waals surface area (Å²) in [6, 6.07) is 2.72. The minimum Gasteiger partial charge on any atom is -0.469 e. The van der Waals surface area contributed by atoms with Crippen LogP contribution >= 0.6 is 0 Å². The molecular formula is C16H25N3O2. The average molecular weight is 291 g/mol. The number of methoxy groups -OCH3 is 1. The standard InChI is InChI=1S/C16H25N3O2/c1-21-16(20)13-7-9-18(11-13)12-14-8-10-19(17-14)15-5-3-2-4-6-15/h8,10,13,15H,2-7,9,11-12H2,1H3. The van der Waals surface area contributed by atoms with Crippen LogP contribution in [0.25, 0.3) is 0 Å². The maximum absolute atomic E-state index is 11.6. The zero-order valence-corrected chi connectivity index (χ0v) is 12.8. The van der Waals surface area contributed by atoms with Gasteiger partial charge in [-0.1, -0.05) is 19.3 Å². The van der Waals surface area contributed by atoms with E-state index in [1.807, 2.05) is 0 Å². The summed E-state index contributed by atoms with van der Waals surface area (Å²) >= 11 is 0. The molecule has 0 bridgehead atoms. The molecule has 0 radical (unpaired) electrons. The van der Waals surface area contributed by atoms with Gasteiger partial charge in [-0.15, -0.1) is 0 Å². The third-order valence-electron chi connectivity index (χ3n) is 4.80. The molecule has 21 heavy (non-hydrogen) atoms. The Morgan fingerprint density at radius 3 is 2.90 bits per heavy atom. The van der Waals surface area contributed by atoms with E-state index in [0.717, 1.165) is 31.7 Å². The zero-order chi connectivity index (χ0) is 14.7. The molecule has 3 rings (SSSR count). The van der Waals surface area contributed by atoms with Crippen LogP contribution in [0.5, 0.6) is 0 Å². The van der Waals surface area contributed by atoms with Crippen LogP contribution < -0.4 is 0 Å². The molecule has 1 saturated carbocycles. The number of rotatable bonds is 4. The first-order chi connectivity index (χ1) is 10.3. The van der Waals surface area contributed by atoms with Gasteiger partial charge in [0.15, 0.2) is 0 Å². The van der Waals surface area contributed by atoms with Crippen LogP contribution in [0, 0.1) is 5.92 Å². The zero-order valence-electron chi connectivity index (χ0n) is 12.8.